The van der Waals surface area contributed by atoms with Crippen molar-refractivity contribution in [2.45, 2.75) is 6.04 Å². The van der Waals surface area contributed by atoms with Crippen molar-refractivity contribution in [3.63, 3.8) is 0 Å². The smallest absolute Gasteiger partial charge is 0.213 e. The van der Waals surface area contributed by atoms with E-state index in [-0.39, 0.29) is 11.9 Å². The van der Waals surface area contributed by atoms with Gasteiger partial charge in [0.2, 0.25) is 5.89 Å². The van der Waals surface area contributed by atoms with Gasteiger partial charge in [-0.1, -0.05) is 0 Å². The Hall–Kier alpha value is -1.07. The van der Waals surface area contributed by atoms with E-state index < -0.39 is 0 Å². The van der Waals surface area contributed by atoms with E-state index in [4.69, 9.17) is 4.42 Å². The Balaban J connectivity index is 1.97. The molecule has 1 aliphatic rings. The highest BCUT2D eigenvalue weighted by atomic mass is 32.2. The standard InChI is InChI=1S/C11H11FN2OS/c12-7-1-2-10-8(5-7)14-11(15-10)9-6-16-4-3-13-9/h1-2,5,9,13H,3-4,6H2. The molecule has 5 heteroatoms. The minimum Gasteiger partial charge on any atom is -0.439 e. The number of nitrogens with zero attached hydrogens (tertiary/aromatic N) is 1. The topological polar surface area (TPSA) is 38.1 Å². The molecule has 2 aromatic rings. The van der Waals surface area contributed by atoms with Crippen molar-refractivity contribution in [2.75, 3.05) is 18.1 Å². The van der Waals surface area contributed by atoms with Gasteiger partial charge in [0.15, 0.2) is 5.58 Å². The van der Waals surface area contributed by atoms with Crippen LogP contribution in [0.1, 0.15) is 11.9 Å². The van der Waals surface area contributed by atoms with Gasteiger partial charge in [-0.3, -0.25) is 0 Å². The predicted molar refractivity (Wildman–Crippen MR) is 62.0 cm³/mol. The zero-order chi connectivity index (χ0) is 11.0. The van der Waals surface area contributed by atoms with Crippen molar-refractivity contribution in [3.8, 4) is 0 Å². The van der Waals surface area contributed by atoms with Crippen LogP contribution >= 0.6 is 11.8 Å². The fourth-order valence-corrected chi connectivity index (χ4v) is 2.72. The second-order valence-electron chi connectivity index (χ2n) is 3.75. The van der Waals surface area contributed by atoms with E-state index in [1.165, 1.54) is 12.1 Å². The van der Waals surface area contributed by atoms with Crippen LogP contribution < -0.4 is 5.32 Å². The monoisotopic (exact) mass is 238 g/mol. The fourth-order valence-electron chi connectivity index (χ4n) is 1.79. The summed E-state index contributed by atoms with van der Waals surface area (Å²) in [6.45, 7) is 0.961. The molecule has 1 atom stereocenters. The Morgan fingerprint density at radius 1 is 1.50 bits per heavy atom. The second kappa shape index (κ2) is 4.07. The Morgan fingerprint density at radius 2 is 2.44 bits per heavy atom. The largest absolute Gasteiger partial charge is 0.439 e. The minimum atomic E-state index is -0.279. The zero-order valence-corrected chi connectivity index (χ0v) is 9.39. The molecular formula is C11H11FN2OS. The average Bonchev–Trinajstić information content (AvgIpc) is 2.73. The molecule has 3 rings (SSSR count). The third-order valence-electron chi connectivity index (χ3n) is 2.59. The summed E-state index contributed by atoms with van der Waals surface area (Å²) in [6.07, 6.45) is 0. The lowest BCUT2D eigenvalue weighted by Crippen LogP contribution is -2.30. The van der Waals surface area contributed by atoms with E-state index in [1.54, 1.807) is 6.07 Å². The number of hydrogen-bond donors (Lipinski definition) is 1. The van der Waals surface area contributed by atoms with E-state index in [2.05, 4.69) is 10.3 Å². The maximum absolute atomic E-state index is 13.0. The molecular weight excluding hydrogens is 227 g/mol. The van der Waals surface area contributed by atoms with E-state index >= 15 is 0 Å². The molecule has 0 amide bonds. The first-order valence-electron chi connectivity index (χ1n) is 5.20. The van der Waals surface area contributed by atoms with Gasteiger partial charge in [0, 0.05) is 24.1 Å². The summed E-state index contributed by atoms with van der Waals surface area (Å²) < 4.78 is 18.6. The molecule has 2 heterocycles. The van der Waals surface area contributed by atoms with Crippen LogP contribution in [0.3, 0.4) is 0 Å². The molecule has 0 aliphatic carbocycles. The summed E-state index contributed by atoms with van der Waals surface area (Å²) in [5.74, 6) is 2.45. The number of aromatic nitrogens is 1. The summed E-state index contributed by atoms with van der Waals surface area (Å²) in [6, 6.07) is 4.56. The Bertz CT molecular complexity index is 508. The first kappa shape index (κ1) is 10.1. The number of hydrogen-bond acceptors (Lipinski definition) is 4. The average molecular weight is 238 g/mol. The van der Waals surface area contributed by atoms with Crippen LogP contribution in [-0.2, 0) is 0 Å². The van der Waals surface area contributed by atoms with Crippen molar-refractivity contribution < 1.29 is 8.81 Å². The molecule has 84 valence electrons. The number of fused-ring (bicyclic) bond motifs is 1. The number of thioether (sulfide) groups is 1. The van der Waals surface area contributed by atoms with Gasteiger partial charge in [0.1, 0.15) is 11.3 Å². The van der Waals surface area contributed by atoms with Gasteiger partial charge in [-0.25, -0.2) is 9.37 Å². The molecule has 0 spiro atoms. The van der Waals surface area contributed by atoms with Crippen LogP contribution in [0.25, 0.3) is 11.1 Å². The maximum Gasteiger partial charge on any atom is 0.213 e. The quantitative estimate of drug-likeness (QED) is 0.827. The third-order valence-corrected chi connectivity index (χ3v) is 3.65. The lowest BCUT2D eigenvalue weighted by Gasteiger charge is -2.19. The predicted octanol–water partition coefficient (Wildman–Crippen LogP) is 2.34. The van der Waals surface area contributed by atoms with Crippen LogP contribution in [0.5, 0.6) is 0 Å². The highest BCUT2D eigenvalue weighted by Crippen LogP contribution is 2.25. The van der Waals surface area contributed by atoms with Gasteiger partial charge in [-0.15, -0.1) is 0 Å². The molecule has 1 N–H and O–H groups in total. The number of rotatable bonds is 1. The third kappa shape index (κ3) is 1.81. The van der Waals surface area contributed by atoms with Crippen molar-refractivity contribution in [1.29, 1.82) is 0 Å². The van der Waals surface area contributed by atoms with Crippen molar-refractivity contribution in [3.05, 3.63) is 29.9 Å². The van der Waals surface area contributed by atoms with Crippen molar-refractivity contribution >= 4 is 22.9 Å². The van der Waals surface area contributed by atoms with Gasteiger partial charge in [0.05, 0.1) is 6.04 Å². The van der Waals surface area contributed by atoms with Crippen molar-refractivity contribution in [1.82, 2.24) is 10.3 Å². The SMILES string of the molecule is Fc1ccc2oc(C3CSCCN3)nc2c1. The molecule has 0 radical (unpaired) electrons. The molecule has 0 saturated carbocycles. The lowest BCUT2D eigenvalue weighted by molar-refractivity contribution is 0.441. The summed E-state index contributed by atoms with van der Waals surface area (Å²) in [4.78, 5) is 4.31. The number of halogens is 1. The van der Waals surface area contributed by atoms with Crippen LogP contribution in [0.4, 0.5) is 4.39 Å². The summed E-state index contributed by atoms with van der Waals surface area (Å²) >= 11 is 1.87. The minimum absolute atomic E-state index is 0.147. The Morgan fingerprint density at radius 3 is 3.25 bits per heavy atom. The van der Waals surface area contributed by atoms with E-state index in [0.29, 0.717) is 17.0 Å². The first-order valence-corrected chi connectivity index (χ1v) is 6.35. The summed E-state index contributed by atoms with van der Waals surface area (Å²) in [7, 11) is 0. The molecule has 1 aromatic heterocycles. The number of benzene rings is 1. The van der Waals surface area contributed by atoms with Crippen LogP contribution in [0.2, 0.25) is 0 Å². The van der Waals surface area contributed by atoms with Gasteiger partial charge >= 0.3 is 0 Å². The van der Waals surface area contributed by atoms with Gasteiger partial charge in [0.25, 0.3) is 0 Å². The highest BCUT2D eigenvalue weighted by Gasteiger charge is 2.20. The Labute approximate surface area is 96.4 Å². The molecule has 1 aromatic carbocycles. The van der Waals surface area contributed by atoms with Crippen LogP contribution in [0.15, 0.2) is 22.6 Å². The molecule has 1 unspecified atom stereocenters. The maximum atomic E-state index is 13.0. The van der Waals surface area contributed by atoms with E-state index in [9.17, 15) is 4.39 Å². The van der Waals surface area contributed by atoms with E-state index in [0.717, 1.165) is 18.1 Å². The molecule has 1 fully saturated rings. The highest BCUT2D eigenvalue weighted by molar-refractivity contribution is 7.99. The van der Waals surface area contributed by atoms with Gasteiger partial charge in [-0.2, -0.15) is 11.8 Å². The van der Waals surface area contributed by atoms with Gasteiger partial charge < -0.3 is 9.73 Å². The molecule has 1 aliphatic heterocycles. The fraction of sp³-hybridized carbons (Fsp3) is 0.364. The molecule has 0 bridgehead atoms. The second-order valence-corrected chi connectivity index (χ2v) is 4.90. The molecule has 1 saturated heterocycles. The van der Waals surface area contributed by atoms with Crippen LogP contribution in [0, 0.1) is 5.82 Å². The van der Waals surface area contributed by atoms with Crippen LogP contribution in [-0.4, -0.2) is 23.0 Å². The Kier molecular flexibility index (Phi) is 2.57. The van der Waals surface area contributed by atoms with Gasteiger partial charge in [-0.05, 0) is 12.1 Å². The van der Waals surface area contributed by atoms with Crippen molar-refractivity contribution in [2.24, 2.45) is 0 Å². The van der Waals surface area contributed by atoms with E-state index in [1.807, 2.05) is 11.8 Å². The number of nitrogens with one attached hydrogen (secondary N) is 1. The molecule has 3 nitrogen and oxygen atoms in total. The summed E-state index contributed by atoms with van der Waals surface area (Å²) in [5, 5.41) is 3.34. The normalized spacial score (nSPS) is 21.4. The zero-order valence-electron chi connectivity index (χ0n) is 8.57. The molecule has 16 heavy (non-hydrogen) atoms. The first-order chi connectivity index (χ1) is 7.83. The lowest BCUT2D eigenvalue weighted by atomic mass is 10.3. The number of oxazole rings is 1. The summed E-state index contributed by atoms with van der Waals surface area (Å²) in [5.41, 5.74) is 1.24.